The van der Waals surface area contributed by atoms with Crippen LogP contribution >= 0.6 is 12.4 Å². The molecule has 3 rings (SSSR count). The van der Waals surface area contributed by atoms with Gasteiger partial charge in [-0.05, 0) is 19.1 Å². The lowest BCUT2D eigenvalue weighted by Crippen LogP contribution is -2.53. The van der Waals surface area contributed by atoms with Gasteiger partial charge in [0.1, 0.15) is 10.5 Å². The molecule has 1 saturated heterocycles. The molecule has 3 heterocycles. The van der Waals surface area contributed by atoms with Crippen molar-refractivity contribution in [1.29, 1.82) is 0 Å². The Bertz CT molecular complexity index is 828. The van der Waals surface area contributed by atoms with E-state index in [9.17, 15) is 13.2 Å². The molecule has 0 spiro atoms. The highest BCUT2D eigenvalue weighted by atomic mass is 35.5. The van der Waals surface area contributed by atoms with E-state index in [1.54, 1.807) is 30.2 Å². The minimum absolute atomic E-state index is 0. The van der Waals surface area contributed by atoms with E-state index in [1.807, 2.05) is 0 Å². The van der Waals surface area contributed by atoms with Crippen LogP contribution in [-0.4, -0.2) is 65.7 Å². The number of aromatic nitrogens is 2. The molecule has 2 aromatic heterocycles. The van der Waals surface area contributed by atoms with E-state index in [1.165, 1.54) is 10.5 Å². The molecule has 0 radical (unpaired) electrons. The number of nitrogens with one attached hydrogen (secondary N) is 1. The average Bonchev–Trinajstić information content (AvgIpc) is 2.99. The number of pyridine rings is 1. The fraction of sp³-hybridized carbons (Fsp3) is 0.429. The van der Waals surface area contributed by atoms with Crippen LogP contribution in [0.4, 0.5) is 0 Å². The van der Waals surface area contributed by atoms with Crippen molar-refractivity contribution in [2.24, 2.45) is 5.73 Å². The number of carbonyl (C=O) groups excluding carboxylic acids is 1. The minimum atomic E-state index is -3.62. The molecule has 0 aromatic carbocycles. The number of nitrogens with two attached hydrogens (primary N) is 1. The molecule has 1 atom stereocenters. The molecule has 0 unspecified atom stereocenters. The van der Waals surface area contributed by atoms with Crippen LogP contribution in [0.3, 0.4) is 0 Å². The van der Waals surface area contributed by atoms with Gasteiger partial charge in [0, 0.05) is 44.0 Å². The summed E-state index contributed by atoms with van der Waals surface area (Å²) in [6.07, 6.45) is 3.07. The van der Waals surface area contributed by atoms with Crippen LogP contribution in [0.15, 0.2) is 29.4 Å². The van der Waals surface area contributed by atoms with Gasteiger partial charge in [0.25, 0.3) is 0 Å². The van der Waals surface area contributed by atoms with Crippen LogP contribution in [0, 0.1) is 0 Å². The first kappa shape index (κ1) is 18.7. The van der Waals surface area contributed by atoms with Crippen molar-refractivity contribution in [3.8, 4) is 0 Å². The van der Waals surface area contributed by atoms with Crippen molar-refractivity contribution >= 4 is 39.4 Å². The van der Waals surface area contributed by atoms with Gasteiger partial charge in [-0.1, -0.05) is 0 Å². The fourth-order valence-electron chi connectivity index (χ4n) is 2.72. The number of carbonyl (C=O) groups is 1. The maximum atomic E-state index is 12.8. The number of H-pyrrole nitrogens is 1. The van der Waals surface area contributed by atoms with Crippen molar-refractivity contribution in [2.45, 2.75) is 17.9 Å². The Balaban J connectivity index is 0.00000208. The summed E-state index contributed by atoms with van der Waals surface area (Å²) >= 11 is 0. The molecule has 0 saturated carbocycles. The highest BCUT2D eigenvalue weighted by Gasteiger charge is 2.32. The first-order valence-electron chi connectivity index (χ1n) is 7.38. The van der Waals surface area contributed by atoms with Crippen molar-refractivity contribution in [2.75, 3.05) is 26.2 Å². The van der Waals surface area contributed by atoms with Gasteiger partial charge in [-0.25, -0.2) is 13.4 Å². The minimum Gasteiger partial charge on any atom is -0.345 e. The zero-order chi connectivity index (χ0) is 16.6. The summed E-state index contributed by atoms with van der Waals surface area (Å²) in [6.45, 7) is 2.84. The Hall–Kier alpha value is -1.68. The van der Waals surface area contributed by atoms with Crippen LogP contribution in [-0.2, 0) is 14.8 Å². The van der Waals surface area contributed by atoms with Gasteiger partial charge in [-0.2, -0.15) is 4.31 Å². The van der Waals surface area contributed by atoms with Crippen LogP contribution in [0.2, 0.25) is 0 Å². The van der Waals surface area contributed by atoms with Gasteiger partial charge in [0.2, 0.25) is 15.9 Å². The Labute approximate surface area is 146 Å². The molecule has 24 heavy (non-hydrogen) atoms. The Morgan fingerprint density at radius 2 is 2.00 bits per heavy atom. The zero-order valence-electron chi connectivity index (χ0n) is 13.2. The smallest absolute Gasteiger partial charge is 0.245 e. The maximum absolute atomic E-state index is 12.8. The second kappa shape index (κ2) is 7.06. The van der Waals surface area contributed by atoms with Crippen molar-refractivity contribution < 1.29 is 13.2 Å². The second-order valence-electron chi connectivity index (χ2n) is 5.57. The number of hydrogen-bond acceptors (Lipinski definition) is 5. The number of hydrogen-bond donors (Lipinski definition) is 2. The third kappa shape index (κ3) is 3.25. The fourth-order valence-corrected chi connectivity index (χ4v) is 4.29. The molecular weight excluding hydrogens is 354 g/mol. The number of sulfonamides is 1. The summed E-state index contributed by atoms with van der Waals surface area (Å²) in [7, 11) is -3.62. The predicted molar refractivity (Wildman–Crippen MR) is 92.3 cm³/mol. The van der Waals surface area contributed by atoms with Gasteiger partial charge < -0.3 is 15.6 Å². The van der Waals surface area contributed by atoms with Gasteiger partial charge >= 0.3 is 0 Å². The van der Waals surface area contributed by atoms with Crippen molar-refractivity contribution in [3.63, 3.8) is 0 Å². The van der Waals surface area contributed by atoms with Crippen molar-refractivity contribution in [1.82, 2.24) is 19.2 Å². The highest BCUT2D eigenvalue weighted by Crippen LogP contribution is 2.25. The molecule has 0 aliphatic carbocycles. The third-order valence-corrected chi connectivity index (χ3v) is 5.91. The van der Waals surface area contributed by atoms with Gasteiger partial charge in [0.05, 0.1) is 6.04 Å². The number of halogens is 1. The second-order valence-corrected chi connectivity index (χ2v) is 7.48. The van der Waals surface area contributed by atoms with Crippen LogP contribution in [0.25, 0.3) is 11.0 Å². The summed E-state index contributed by atoms with van der Waals surface area (Å²) in [6, 6.07) is 2.86. The Morgan fingerprint density at radius 3 is 2.62 bits per heavy atom. The average molecular weight is 374 g/mol. The monoisotopic (exact) mass is 373 g/mol. The Kier molecular flexibility index (Phi) is 5.49. The number of amides is 1. The lowest BCUT2D eigenvalue weighted by molar-refractivity contribution is -0.133. The first-order valence-corrected chi connectivity index (χ1v) is 8.82. The summed E-state index contributed by atoms with van der Waals surface area (Å²) in [5.74, 6) is -0.154. The molecule has 1 aliphatic rings. The van der Waals surface area contributed by atoms with E-state index in [0.29, 0.717) is 24.1 Å². The van der Waals surface area contributed by atoms with Crippen LogP contribution in [0.5, 0.6) is 0 Å². The SMILES string of the molecule is C[C@H](N)C(=O)N1CCN(S(=O)(=O)c2c[nH]c3ncccc23)CC1.Cl. The van der Waals surface area contributed by atoms with Crippen LogP contribution < -0.4 is 5.73 Å². The number of rotatable bonds is 3. The van der Waals surface area contributed by atoms with Crippen LogP contribution in [0.1, 0.15) is 6.92 Å². The number of aromatic amines is 1. The van der Waals surface area contributed by atoms with E-state index in [4.69, 9.17) is 5.73 Å². The predicted octanol–water partition coefficient (Wildman–Crippen LogP) is 0.165. The molecule has 132 valence electrons. The van der Waals surface area contributed by atoms with E-state index < -0.39 is 16.1 Å². The van der Waals surface area contributed by atoms with Crippen molar-refractivity contribution in [3.05, 3.63) is 24.5 Å². The largest absolute Gasteiger partial charge is 0.345 e. The van der Waals surface area contributed by atoms with Gasteiger partial charge in [-0.3, -0.25) is 4.79 Å². The van der Waals surface area contributed by atoms with Gasteiger partial charge in [0.15, 0.2) is 0 Å². The topological polar surface area (TPSA) is 112 Å². The quantitative estimate of drug-likeness (QED) is 0.796. The molecule has 0 bridgehead atoms. The molecule has 1 aliphatic heterocycles. The molecule has 1 fully saturated rings. The molecule has 3 N–H and O–H groups in total. The summed E-state index contributed by atoms with van der Waals surface area (Å²) < 4.78 is 27.0. The summed E-state index contributed by atoms with van der Waals surface area (Å²) in [5, 5.41) is 0.571. The summed E-state index contributed by atoms with van der Waals surface area (Å²) in [5.41, 5.74) is 6.13. The zero-order valence-corrected chi connectivity index (χ0v) is 14.8. The van der Waals surface area contributed by atoms with E-state index >= 15 is 0 Å². The highest BCUT2D eigenvalue weighted by molar-refractivity contribution is 7.89. The molecular formula is C14H20ClN5O3S. The maximum Gasteiger partial charge on any atom is 0.245 e. The van der Waals surface area contributed by atoms with E-state index in [2.05, 4.69) is 9.97 Å². The standard InChI is InChI=1S/C14H19N5O3S.ClH/c1-10(15)14(20)18-5-7-19(8-6-18)23(21,22)12-9-17-13-11(12)3-2-4-16-13;/h2-4,9-10H,5-8,15H2,1H3,(H,16,17);1H/t10-;/m0./s1. The number of piperazine rings is 1. The first-order chi connectivity index (χ1) is 10.9. The molecule has 10 heteroatoms. The summed E-state index contributed by atoms with van der Waals surface area (Å²) in [4.78, 5) is 20.7. The number of fused-ring (bicyclic) bond motifs is 1. The lowest BCUT2D eigenvalue weighted by atomic mass is 10.2. The number of nitrogens with zero attached hydrogens (tertiary/aromatic N) is 3. The lowest BCUT2D eigenvalue weighted by Gasteiger charge is -2.34. The third-order valence-electron chi connectivity index (χ3n) is 3.97. The molecule has 8 nitrogen and oxygen atoms in total. The molecule has 1 amide bonds. The molecule has 2 aromatic rings. The van der Waals surface area contributed by atoms with E-state index in [0.717, 1.165) is 0 Å². The normalized spacial score (nSPS) is 17.5. The van der Waals surface area contributed by atoms with E-state index in [-0.39, 0.29) is 36.3 Å². The van der Waals surface area contributed by atoms with Gasteiger partial charge in [-0.15, -0.1) is 12.4 Å². The Morgan fingerprint density at radius 1 is 1.33 bits per heavy atom.